The molecule has 1 fully saturated rings. The molecule has 0 radical (unpaired) electrons. The molecule has 3 aromatic rings. The molecule has 1 amide bonds. The number of nitrogens with one attached hydrogen (secondary N) is 1. The van der Waals surface area contributed by atoms with Crippen LogP contribution in [0.25, 0.3) is 0 Å². The van der Waals surface area contributed by atoms with Gasteiger partial charge in [0.15, 0.2) is 5.69 Å². The number of hydrogen-bond donors (Lipinski definition) is 1. The highest BCUT2D eigenvalue weighted by Crippen LogP contribution is 2.16. The van der Waals surface area contributed by atoms with E-state index in [1.165, 1.54) is 23.0 Å². The Morgan fingerprint density at radius 2 is 1.91 bits per heavy atom. The molecule has 8 nitrogen and oxygen atoms in total. The smallest absolute Gasteiger partial charge is 0.273 e. The number of carbonyl (C=O) groups excluding carboxylic acids is 1. The summed E-state index contributed by atoms with van der Waals surface area (Å²) in [5.41, 5.74) is 5.09. The summed E-state index contributed by atoms with van der Waals surface area (Å²) in [6, 6.07) is 10.3. The fraction of sp³-hybridized carbons (Fsp3) is 0.423. The minimum absolute atomic E-state index is 0.249. The zero-order valence-corrected chi connectivity index (χ0v) is 20.0. The molecule has 1 aromatic carbocycles. The van der Waals surface area contributed by atoms with Gasteiger partial charge in [0.1, 0.15) is 6.26 Å². The summed E-state index contributed by atoms with van der Waals surface area (Å²) in [7, 11) is 0. The maximum atomic E-state index is 12.5. The average molecular weight is 464 g/mol. The highest BCUT2D eigenvalue weighted by molar-refractivity contribution is 5.91. The number of pyridine rings is 1. The van der Waals surface area contributed by atoms with Gasteiger partial charge in [-0.3, -0.25) is 19.6 Å². The van der Waals surface area contributed by atoms with Crippen molar-refractivity contribution in [2.75, 3.05) is 39.4 Å². The second-order valence-electron chi connectivity index (χ2n) is 8.76. The molecule has 1 aliphatic rings. The summed E-state index contributed by atoms with van der Waals surface area (Å²) in [6.45, 7) is 11.3. The highest BCUT2D eigenvalue weighted by atomic mass is 16.5. The number of rotatable bonds is 10. The van der Waals surface area contributed by atoms with Crippen molar-refractivity contribution < 1.29 is 13.9 Å². The van der Waals surface area contributed by atoms with Gasteiger partial charge in [0.05, 0.1) is 19.8 Å². The van der Waals surface area contributed by atoms with Crippen LogP contribution in [0.15, 0.2) is 53.4 Å². The lowest BCUT2D eigenvalue weighted by atomic mass is 10.1. The van der Waals surface area contributed by atoms with Gasteiger partial charge < -0.3 is 14.5 Å². The van der Waals surface area contributed by atoms with E-state index in [-0.39, 0.29) is 5.91 Å². The van der Waals surface area contributed by atoms with Crippen LogP contribution in [0, 0.1) is 13.8 Å². The number of benzene rings is 1. The van der Waals surface area contributed by atoms with Crippen LogP contribution >= 0.6 is 0 Å². The van der Waals surface area contributed by atoms with E-state index >= 15 is 0 Å². The van der Waals surface area contributed by atoms with E-state index in [0.29, 0.717) is 24.7 Å². The van der Waals surface area contributed by atoms with Gasteiger partial charge in [-0.2, -0.15) is 0 Å². The van der Waals surface area contributed by atoms with Crippen LogP contribution in [-0.4, -0.2) is 65.1 Å². The monoisotopic (exact) mass is 463 g/mol. The third kappa shape index (κ3) is 6.96. The van der Waals surface area contributed by atoms with Gasteiger partial charge >= 0.3 is 0 Å². The molecule has 0 atom stereocenters. The van der Waals surface area contributed by atoms with Gasteiger partial charge in [-0.1, -0.05) is 23.8 Å². The maximum Gasteiger partial charge on any atom is 0.273 e. The quantitative estimate of drug-likeness (QED) is 0.495. The summed E-state index contributed by atoms with van der Waals surface area (Å²) in [5.74, 6) is 0.294. The van der Waals surface area contributed by atoms with E-state index in [2.05, 4.69) is 57.1 Å². The second kappa shape index (κ2) is 11.9. The Morgan fingerprint density at radius 1 is 1.12 bits per heavy atom. The molecule has 1 N–H and O–H groups in total. The second-order valence-corrected chi connectivity index (χ2v) is 8.76. The van der Waals surface area contributed by atoms with Gasteiger partial charge in [0.2, 0.25) is 5.89 Å². The van der Waals surface area contributed by atoms with Gasteiger partial charge in [-0.25, -0.2) is 4.98 Å². The number of morpholine rings is 1. The SMILES string of the molecule is Cc1ccc(C)c(CN(CCN2CCOCC2)Cc2nc(C(=O)NCc3ccncc3)co2)c1. The Kier molecular flexibility index (Phi) is 8.41. The molecule has 0 spiro atoms. The number of hydrogen-bond acceptors (Lipinski definition) is 7. The van der Waals surface area contributed by atoms with Crippen LogP contribution < -0.4 is 5.32 Å². The van der Waals surface area contributed by atoms with Crippen molar-refractivity contribution in [3.8, 4) is 0 Å². The normalized spacial score (nSPS) is 14.4. The zero-order valence-electron chi connectivity index (χ0n) is 20.0. The molecule has 4 rings (SSSR count). The minimum atomic E-state index is -0.249. The number of aromatic nitrogens is 2. The lowest BCUT2D eigenvalue weighted by Crippen LogP contribution is -2.41. The molecule has 0 aliphatic carbocycles. The fourth-order valence-corrected chi connectivity index (χ4v) is 3.99. The first-order valence-corrected chi connectivity index (χ1v) is 11.8. The average Bonchev–Trinajstić information content (AvgIpc) is 3.33. The minimum Gasteiger partial charge on any atom is -0.447 e. The number of carbonyl (C=O) groups is 1. The van der Waals surface area contributed by atoms with Crippen LogP contribution in [-0.2, 0) is 24.4 Å². The summed E-state index contributed by atoms with van der Waals surface area (Å²) in [6.07, 6.45) is 4.85. The topological polar surface area (TPSA) is 83.7 Å². The largest absolute Gasteiger partial charge is 0.447 e. The molecule has 3 heterocycles. The predicted octanol–water partition coefficient (Wildman–Crippen LogP) is 2.95. The molecule has 0 saturated carbocycles. The first-order valence-electron chi connectivity index (χ1n) is 11.8. The summed E-state index contributed by atoms with van der Waals surface area (Å²) >= 11 is 0. The van der Waals surface area contributed by atoms with Crippen molar-refractivity contribution in [2.24, 2.45) is 0 Å². The molecule has 34 heavy (non-hydrogen) atoms. The van der Waals surface area contributed by atoms with Crippen molar-refractivity contribution in [1.29, 1.82) is 0 Å². The fourth-order valence-electron chi connectivity index (χ4n) is 3.99. The van der Waals surface area contributed by atoms with E-state index in [9.17, 15) is 4.79 Å². The lowest BCUT2D eigenvalue weighted by Gasteiger charge is -2.30. The Balaban J connectivity index is 1.39. The summed E-state index contributed by atoms with van der Waals surface area (Å²) < 4.78 is 11.2. The molecular formula is C26H33N5O3. The van der Waals surface area contributed by atoms with Gasteiger partial charge in [0, 0.05) is 51.7 Å². The number of amides is 1. The van der Waals surface area contributed by atoms with Crippen LogP contribution in [0.1, 0.15) is 38.6 Å². The third-order valence-electron chi connectivity index (χ3n) is 6.08. The van der Waals surface area contributed by atoms with Crippen LogP contribution in [0.2, 0.25) is 0 Å². The van der Waals surface area contributed by atoms with E-state index in [1.54, 1.807) is 12.4 Å². The number of aryl methyl sites for hydroxylation is 2. The number of nitrogens with zero attached hydrogens (tertiary/aromatic N) is 4. The Labute approximate surface area is 200 Å². The number of oxazole rings is 1. The Bertz CT molecular complexity index is 1060. The van der Waals surface area contributed by atoms with Crippen molar-refractivity contribution in [3.63, 3.8) is 0 Å². The molecular weight excluding hydrogens is 430 g/mol. The lowest BCUT2D eigenvalue weighted by molar-refractivity contribution is 0.0320. The third-order valence-corrected chi connectivity index (χ3v) is 6.08. The zero-order chi connectivity index (χ0) is 23.8. The molecule has 0 bridgehead atoms. The molecule has 1 aliphatic heterocycles. The number of ether oxygens (including phenoxy) is 1. The van der Waals surface area contributed by atoms with Gasteiger partial charge in [0.25, 0.3) is 5.91 Å². The molecule has 2 aromatic heterocycles. The van der Waals surface area contributed by atoms with Crippen molar-refractivity contribution >= 4 is 5.91 Å². The van der Waals surface area contributed by atoms with Crippen molar-refractivity contribution in [2.45, 2.75) is 33.5 Å². The maximum absolute atomic E-state index is 12.5. The van der Waals surface area contributed by atoms with Crippen LogP contribution in [0.5, 0.6) is 0 Å². The molecule has 180 valence electrons. The highest BCUT2D eigenvalue weighted by Gasteiger charge is 2.18. The molecule has 8 heteroatoms. The van der Waals surface area contributed by atoms with E-state index in [1.807, 2.05) is 12.1 Å². The van der Waals surface area contributed by atoms with Crippen molar-refractivity contribution in [1.82, 2.24) is 25.1 Å². The van der Waals surface area contributed by atoms with Crippen molar-refractivity contribution in [3.05, 3.63) is 82.8 Å². The van der Waals surface area contributed by atoms with Crippen LogP contribution in [0.3, 0.4) is 0 Å². The molecule has 0 unspecified atom stereocenters. The first kappa shape index (κ1) is 24.1. The van der Waals surface area contributed by atoms with Gasteiger partial charge in [-0.15, -0.1) is 0 Å². The Hall–Kier alpha value is -3.07. The Morgan fingerprint density at radius 3 is 2.71 bits per heavy atom. The summed E-state index contributed by atoms with van der Waals surface area (Å²) in [4.78, 5) is 25.8. The standard InChI is InChI=1S/C26H33N5O3/c1-20-3-4-21(2)23(15-20)17-31(10-9-30-11-13-33-14-12-30)18-25-29-24(19-34-25)26(32)28-16-22-5-7-27-8-6-22/h3-8,15,19H,9-14,16-18H2,1-2H3,(H,28,32). The van der Waals surface area contributed by atoms with Crippen LogP contribution in [0.4, 0.5) is 0 Å². The predicted molar refractivity (Wildman–Crippen MR) is 129 cm³/mol. The molecule has 1 saturated heterocycles. The van der Waals surface area contributed by atoms with E-state index < -0.39 is 0 Å². The first-order chi connectivity index (χ1) is 16.6. The summed E-state index contributed by atoms with van der Waals surface area (Å²) in [5, 5.41) is 2.88. The van der Waals surface area contributed by atoms with E-state index in [4.69, 9.17) is 9.15 Å². The van der Waals surface area contributed by atoms with Gasteiger partial charge in [-0.05, 0) is 42.7 Å². The van der Waals surface area contributed by atoms with E-state index in [0.717, 1.165) is 51.5 Å².